The molecule has 0 saturated heterocycles. The predicted molar refractivity (Wildman–Crippen MR) is 94.4 cm³/mol. The van der Waals surface area contributed by atoms with Crippen LogP contribution < -0.4 is 0 Å². The number of hydrogen-bond donors (Lipinski definition) is 0. The van der Waals surface area contributed by atoms with Gasteiger partial charge in [-0.1, -0.05) is 37.6 Å². The molecular weight excluding hydrogens is 338 g/mol. The second-order valence-corrected chi connectivity index (χ2v) is 6.51. The summed E-state index contributed by atoms with van der Waals surface area (Å²) < 4.78 is 6.33. The topological polar surface area (TPSA) is 63.7 Å². The van der Waals surface area contributed by atoms with E-state index in [4.69, 9.17) is 4.74 Å². The molecule has 5 nitrogen and oxygen atoms in total. The summed E-state index contributed by atoms with van der Waals surface area (Å²) >= 11 is 0.952. The van der Waals surface area contributed by atoms with Crippen molar-refractivity contribution in [1.29, 1.82) is 0 Å². The highest BCUT2D eigenvalue weighted by Gasteiger charge is 2.36. The molecule has 0 N–H and O–H groups in total. The van der Waals surface area contributed by atoms with Gasteiger partial charge in [-0.05, 0) is 42.6 Å². The van der Waals surface area contributed by atoms with E-state index >= 15 is 0 Å². The van der Waals surface area contributed by atoms with Gasteiger partial charge < -0.3 is 4.74 Å². The normalized spacial score (nSPS) is 13.1. The van der Waals surface area contributed by atoms with Gasteiger partial charge in [0.05, 0.1) is 23.3 Å². The van der Waals surface area contributed by atoms with Crippen LogP contribution in [-0.2, 0) is 4.74 Å². The number of carbonyl (C=O) groups excluding carboxylic acids is 3. The van der Waals surface area contributed by atoms with Crippen molar-refractivity contribution in [2.75, 3.05) is 6.61 Å². The van der Waals surface area contributed by atoms with Crippen molar-refractivity contribution in [2.45, 2.75) is 24.7 Å². The summed E-state index contributed by atoms with van der Waals surface area (Å²) in [7, 11) is 0. The van der Waals surface area contributed by atoms with Gasteiger partial charge in [0.15, 0.2) is 0 Å². The number of esters is 1. The van der Waals surface area contributed by atoms with Crippen molar-refractivity contribution in [3.05, 3.63) is 65.2 Å². The molecule has 0 spiro atoms. The van der Waals surface area contributed by atoms with Crippen LogP contribution in [0.1, 0.15) is 50.8 Å². The molecule has 2 aromatic rings. The smallest absolute Gasteiger partial charge is 0.339 e. The molecule has 25 heavy (non-hydrogen) atoms. The zero-order valence-electron chi connectivity index (χ0n) is 13.7. The fraction of sp³-hybridized carbons (Fsp3) is 0.211. The molecule has 1 aliphatic rings. The average molecular weight is 355 g/mol. The predicted octanol–water partition coefficient (Wildman–Crippen LogP) is 3.95. The Balaban J connectivity index is 1.82. The van der Waals surface area contributed by atoms with E-state index in [1.165, 1.54) is 0 Å². The van der Waals surface area contributed by atoms with Crippen LogP contribution in [0.25, 0.3) is 0 Å². The standard InChI is InChI=1S/C19H17NO4S/c1-2-3-12-24-19(23)15-10-6-7-11-16(15)25-20-17(21)13-8-4-5-9-14(13)18(20)22/h4-11H,2-3,12H2,1H3. The summed E-state index contributed by atoms with van der Waals surface area (Å²) in [6.45, 7) is 2.36. The Morgan fingerprint density at radius 3 is 2.24 bits per heavy atom. The van der Waals surface area contributed by atoms with Gasteiger partial charge in [0, 0.05) is 4.90 Å². The molecule has 0 aromatic heterocycles. The molecule has 0 radical (unpaired) electrons. The molecule has 1 heterocycles. The number of fused-ring (bicyclic) bond motifs is 1. The fourth-order valence-corrected chi connectivity index (χ4v) is 3.40. The van der Waals surface area contributed by atoms with Crippen LogP contribution in [0, 0.1) is 0 Å². The van der Waals surface area contributed by atoms with Gasteiger partial charge in [0.2, 0.25) is 0 Å². The highest BCUT2D eigenvalue weighted by molar-refractivity contribution is 7.98. The molecule has 2 amide bonds. The molecule has 2 aromatic carbocycles. The lowest BCUT2D eigenvalue weighted by atomic mass is 10.1. The van der Waals surface area contributed by atoms with E-state index < -0.39 is 5.97 Å². The number of unbranched alkanes of at least 4 members (excludes halogenated alkanes) is 1. The SMILES string of the molecule is CCCCOC(=O)c1ccccc1SN1C(=O)c2ccccc2C1=O. The zero-order valence-corrected chi connectivity index (χ0v) is 14.5. The number of rotatable bonds is 6. The molecule has 6 heteroatoms. The Kier molecular flexibility index (Phi) is 5.19. The lowest BCUT2D eigenvalue weighted by molar-refractivity contribution is 0.0494. The average Bonchev–Trinajstić information content (AvgIpc) is 2.88. The summed E-state index contributed by atoms with van der Waals surface area (Å²) in [4.78, 5) is 37.7. The van der Waals surface area contributed by atoms with Crippen LogP contribution in [-0.4, -0.2) is 28.7 Å². The van der Waals surface area contributed by atoms with Gasteiger partial charge in [-0.25, -0.2) is 9.10 Å². The van der Waals surface area contributed by atoms with Crippen LogP contribution in [0.2, 0.25) is 0 Å². The van der Waals surface area contributed by atoms with Gasteiger partial charge in [0.25, 0.3) is 11.8 Å². The van der Waals surface area contributed by atoms with Gasteiger partial charge >= 0.3 is 5.97 Å². The van der Waals surface area contributed by atoms with Crippen LogP contribution in [0.3, 0.4) is 0 Å². The zero-order chi connectivity index (χ0) is 17.8. The second-order valence-electron chi connectivity index (χ2n) is 5.53. The maximum atomic E-state index is 12.5. The van der Waals surface area contributed by atoms with E-state index in [0.29, 0.717) is 28.2 Å². The summed E-state index contributed by atoms with van der Waals surface area (Å²) in [5.74, 6) is -1.20. The van der Waals surface area contributed by atoms with Crippen LogP contribution >= 0.6 is 11.9 Å². The first-order valence-corrected chi connectivity index (χ1v) is 8.82. The van der Waals surface area contributed by atoms with Gasteiger partial charge in [-0.3, -0.25) is 9.59 Å². The summed E-state index contributed by atoms with van der Waals surface area (Å²) in [6.07, 6.45) is 1.72. The third kappa shape index (κ3) is 3.44. The largest absolute Gasteiger partial charge is 0.462 e. The second kappa shape index (κ2) is 7.53. The fourth-order valence-electron chi connectivity index (χ4n) is 2.45. The first kappa shape index (κ1) is 17.2. The van der Waals surface area contributed by atoms with Crippen LogP contribution in [0.15, 0.2) is 53.4 Å². The Bertz CT molecular complexity index is 799. The van der Waals surface area contributed by atoms with Crippen molar-refractivity contribution < 1.29 is 19.1 Å². The molecule has 3 rings (SSSR count). The third-order valence-corrected chi connectivity index (χ3v) is 4.85. The van der Waals surface area contributed by atoms with Gasteiger partial charge in [-0.15, -0.1) is 0 Å². The van der Waals surface area contributed by atoms with E-state index in [0.717, 1.165) is 29.1 Å². The molecule has 0 bridgehead atoms. The van der Waals surface area contributed by atoms with Crippen LogP contribution in [0.4, 0.5) is 0 Å². The van der Waals surface area contributed by atoms with Gasteiger partial charge in [-0.2, -0.15) is 0 Å². The minimum absolute atomic E-state index is 0.347. The summed E-state index contributed by atoms with van der Waals surface area (Å²) in [5.41, 5.74) is 1.10. The summed E-state index contributed by atoms with van der Waals surface area (Å²) in [6, 6.07) is 13.5. The van der Waals surface area contributed by atoms with Crippen molar-refractivity contribution in [2.24, 2.45) is 0 Å². The number of carbonyl (C=O) groups is 3. The maximum Gasteiger partial charge on any atom is 0.339 e. The highest BCUT2D eigenvalue weighted by Crippen LogP contribution is 2.34. The summed E-state index contributed by atoms with van der Waals surface area (Å²) in [5, 5.41) is 0. The number of benzene rings is 2. The lowest BCUT2D eigenvalue weighted by Gasteiger charge is -2.14. The number of amides is 2. The number of hydrogen-bond acceptors (Lipinski definition) is 5. The molecule has 128 valence electrons. The first-order chi connectivity index (χ1) is 12.1. The number of imide groups is 1. The highest BCUT2D eigenvalue weighted by atomic mass is 32.2. The van der Waals surface area contributed by atoms with Crippen molar-refractivity contribution >= 4 is 29.7 Å². The number of nitrogens with zero attached hydrogens (tertiary/aromatic N) is 1. The van der Waals surface area contributed by atoms with Crippen molar-refractivity contribution in [3.63, 3.8) is 0 Å². The minimum atomic E-state index is -0.451. The van der Waals surface area contributed by atoms with E-state index in [1.54, 1.807) is 48.5 Å². The maximum absolute atomic E-state index is 12.5. The Hall–Kier alpha value is -2.60. The number of ether oxygens (including phenoxy) is 1. The Labute approximate surface area is 150 Å². The van der Waals surface area contributed by atoms with E-state index in [1.807, 2.05) is 6.92 Å². The van der Waals surface area contributed by atoms with E-state index in [-0.39, 0.29) is 11.8 Å². The van der Waals surface area contributed by atoms with Crippen molar-refractivity contribution in [3.8, 4) is 0 Å². The minimum Gasteiger partial charge on any atom is -0.462 e. The quantitative estimate of drug-likeness (QED) is 0.340. The van der Waals surface area contributed by atoms with Crippen LogP contribution in [0.5, 0.6) is 0 Å². The molecular formula is C19H17NO4S. The first-order valence-electron chi connectivity index (χ1n) is 8.05. The van der Waals surface area contributed by atoms with E-state index in [9.17, 15) is 14.4 Å². The Morgan fingerprint density at radius 1 is 1.00 bits per heavy atom. The molecule has 0 aliphatic carbocycles. The van der Waals surface area contributed by atoms with Gasteiger partial charge in [0.1, 0.15) is 0 Å². The molecule has 0 fully saturated rings. The molecule has 0 saturated carbocycles. The lowest BCUT2D eigenvalue weighted by Crippen LogP contribution is -2.22. The Morgan fingerprint density at radius 2 is 1.60 bits per heavy atom. The molecule has 0 atom stereocenters. The third-order valence-electron chi connectivity index (χ3n) is 3.78. The monoisotopic (exact) mass is 355 g/mol. The van der Waals surface area contributed by atoms with E-state index in [2.05, 4.69) is 0 Å². The molecule has 0 unspecified atom stereocenters. The molecule has 1 aliphatic heterocycles. The van der Waals surface area contributed by atoms with Crippen molar-refractivity contribution in [1.82, 2.24) is 4.31 Å².